The lowest BCUT2D eigenvalue weighted by Gasteiger charge is -2.00. The molecule has 0 unspecified atom stereocenters. The lowest BCUT2D eigenvalue weighted by molar-refractivity contribution is -0.118. The average molecular weight is 465 g/mol. The molecule has 0 radical (unpaired) electrons. The summed E-state index contributed by atoms with van der Waals surface area (Å²) in [5, 5.41) is 13.0. The second-order valence-electron chi connectivity index (χ2n) is 5.61. The summed E-state index contributed by atoms with van der Waals surface area (Å²) in [6, 6.07) is 15.1. The quantitative estimate of drug-likeness (QED) is 0.280. The van der Waals surface area contributed by atoms with Crippen molar-refractivity contribution in [1.82, 2.24) is 15.6 Å². The smallest absolute Gasteiger partial charge is 0.250 e. The summed E-state index contributed by atoms with van der Waals surface area (Å²) in [7, 11) is 1.60. The van der Waals surface area contributed by atoms with Gasteiger partial charge < -0.3 is 4.74 Å². The van der Waals surface area contributed by atoms with Gasteiger partial charge in [-0.3, -0.25) is 4.79 Å². The van der Waals surface area contributed by atoms with Gasteiger partial charge in [0, 0.05) is 10.8 Å². The van der Waals surface area contributed by atoms with E-state index in [9.17, 15) is 4.79 Å². The highest BCUT2D eigenvalue weighted by molar-refractivity contribution is 8.03. The van der Waals surface area contributed by atoms with Crippen molar-refractivity contribution >= 4 is 58.6 Å². The van der Waals surface area contributed by atoms with Gasteiger partial charge in [-0.1, -0.05) is 70.7 Å². The molecule has 0 aliphatic rings. The van der Waals surface area contributed by atoms with Crippen molar-refractivity contribution in [2.24, 2.45) is 5.10 Å². The van der Waals surface area contributed by atoms with Gasteiger partial charge in [-0.2, -0.15) is 5.10 Å². The number of benzene rings is 2. The van der Waals surface area contributed by atoms with E-state index in [-0.39, 0.29) is 11.7 Å². The number of nitrogens with one attached hydrogen (secondary N) is 1. The molecular formula is C19H17ClN4O2S3. The molecule has 6 nitrogen and oxygen atoms in total. The van der Waals surface area contributed by atoms with Crippen LogP contribution in [-0.2, 0) is 10.5 Å². The molecule has 10 heteroatoms. The van der Waals surface area contributed by atoms with E-state index in [1.807, 2.05) is 48.5 Å². The van der Waals surface area contributed by atoms with E-state index in [4.69, 9.17) is 16.3 Å². The van der Waals surface area contributed by atoms with Crippen LogP contribution in [0.15, 0.2) is 62.3 Å². The van der Waals surface area contributed by atoms with E-state index < -0.39 is 0 Å². The van der Waals surface area contributed by atoms with Crippen molar-refractivity contribution in [3.8, 4) is 5.75 Å². The molecule has 1 amide bonds. The molecule has 1 N–H and O–H groups in total. The Morgan fingerprint density at radius 1 is 1.21 bits per heavy atom. The Balaban J connectivity index is 1.41. The van der Waals surface area contributed by atoms with E-state index in [0.29, 0.717) is 0 Å². The number of aromatic nitrogens is 2. The zero-order valence-corrected chi connectivity index (χ0v) is 18.6. The second-order valence-corrected chi connectivity index (χ2v) is 9.47. The Morgan fingerprint density at radius 3 is 2.72 bits per heavy atom. The molecule has 29 heavy (non-hydrogen) atoms. The van der Waals surface area contributed by atoms with Crippen molar-refractivity contribution in [3.63, 3.8) is 0 Å². The molecule has 0 atom stereocenters. The third kappa shape index (κ3) is 7.36. The molecule has 0 fully saturated rings. The van der Waals surface area contributed by atoms with Gasteiger partial charge in [0.1, 0.15) is 5.75 Å². The Morgan fingerprint density at radius 2 is 1.97 bits per heavy atom. The fourth-order valence-corrected chi connectivity index (χ4v) is 4.99. The maximum atomic E-state index is 11.9. The van der Waals surface area contributed by atoms with Crippen LogP contribution in [0.1, 0.15) is 11.1 Å². The maximum Gasteiger partial charge on any atom is 0.250 e. The normalized spacial score (nSPS) is 11.0. The number of carbonyl (C=O) groups excluding carboxylic acids is 1. The average Bonchev–Trinajstić information content (AvgIpc) is 3.20. The standard InChI is InChI=1S/C19H17ClN4O2S3/c1-26-16-4-2-3-14(9-16)10-21-22-17(25)12-28-19-24-23-18(29-19)27-11-13-5-7-15(20)8-6-13/h2-10H,11-12H2,1H3,(H,22,25). The number of carbonyl (C=O) groups is 1. The predicted molar refractivity (Wildman–Crippen MR) is 120 cm³/mol. The summed E-state index contributed by atoms with van der Waals surface area (Å²) >= 11 is 10.3. The lowest BCUT2D eigenvalue weighted by Crippen LogP contribution is -2.19. The van der Waals surface area contributed by atoms with Crippen LogP contribution >= 0.6 is 46.5 Å². The summed E-state index contributed by atoms with van der Waals surface area (Å²) in [6.07, 6.45) is 1.57. The third-order valence-electron chi connectivity index (χ3n) is 3.49. The molecule has 1 aromatic heterocycles. The summed E-state index contributed by atoms with van der Waals surface area (Å²) in [4.78, 5) is 11.9. The molecular weight excluding hydrogens is 448 g/mol. The van der Waals surface area contributed by atoms with Crippen molar-refractivity contribution in [1.29, 1.82) is 0 Å². The van der Waals surface area contributed by atoms with Crippen molar-refractivity contribution < 1.29 is 9.53 Å². The largest absolute Gasteiger partial charge is 0.497 e. The van der Waals surface area contributed by atoms with Gasteiger partial charge >= 0.3 is 0 Å². The molecule has 0 aliphatic carbocycles. The predicted octanol–water partition coefficient (Wildman–Crippen LogP) is 4.73. The molecule has 2 aromatic carbocycles. The third-order valence-corrected chi connectivity index (χ3v) is 7.00. The van der Waals surface area contributed by atoms with Gasteiger partial charge in [0.15, 0.2) is 8.68 Å². The van der Waals surface area contributed by atoms with E-state index >= 15 is 0 Å². The van der Waals surface area contributed by atoms with Crippen molar-refractivity contribution in [2.75, 3.05) is 12.9 Å². The number of hydrazone groups is 1. The van der Waals surface area contributed by atoms with Crippen LogP contribution in [0, 0.1) is 0 Å². The lowest BCUT2D eigenvalue weighted by atomic mass is 10.2. The number of rotatable bonds is 9. The number of thioether (sulfide) groups is 2. The van der Waals surface area contributed by atoms with Gasteiger partial charge in [-0.15, -0.1) is 10.2 Å². The monoisotopic (exact) mass is 464 g/mol. The summed E-state index contributed by atoms with van der Waals surface area (Å²) in [5.74, 6) is 1.53. The number of amides is 1. The number of halogens is 1. The minimum absolute atomic E-state index is 0.209. The molecule has 1 heterocycles. The van der Waals surface area contributed by atoms with Crippen molar-refractivity contribution in [2.45, 2.75) is 14.4 Å². The topological polar surface area (TPSA) is 76.5 Å². The fourth-order valence-electron chi connectivity index (χ4n) is 2.10. The number of methoxy groups -OCH3 is 1. The first-order valence-corrected chi connectivity index (χ1v) is 11.6. The molecule has 3 rings (SSSR count). The van der Waals surface area contributed by atoms with Crippen LogP contribution in [0.5, 0.6) is 5.75 Å². The van der Waals surface area contributed by atoms with Gasteiger partial charge in [0.2, 0.25) is 0 Å². The molecule has 0 spiro atoms. The number of nitrogens with zero attached hydrogens (tertiary/aromatic N) is 3. The van der Waals surface area contributed by atoms with E-state index in [0.717, 1.165) is 36.3 Å². The second kappa shape index (κ2) is 11.2. The SMILES string of the molecule is COc1cccc(C=NNC(=O)CSc2nnc(SCc3ccc(Cl)cc3)s2)c1. The van der Waals surface area contributed by atoms with Gasteiger partial charge in [-0.25, -0.2) is 5.43 Å². The Kier molecular flexibility index (Phi) is 8.36. The van der Waals surface area contributed by atoms with E-state index in [1.54, 1.807) is 25.1 Å². The molecule has 0 aliphatic heterocycles. The molecule has 0 bridgehead atoms. The first-order chi connectivity index (χ1) is 14.1. The number of hydrogen-bond donors (Lipinski definition) is 1. The van der Waals surface area contributed by atoms with Crippen LogP contribution in [0.25, 0.3) is 0 Å². The van der Waals surface area contributed by atoms with Crippen LogP contribution in [-0.4, -0.2) is 35.2 Å². The first-order valence-electron chi connectivity index (χ1n) is 8.42. The Bertz CT molecular complexity index is 980. The molecule has 3 aromatic rings. The minimum Gasteiger partial charge on any atom is -0.497 e. The van der Waals surface area contributed by atoms with Gasteiger partial charge in [0.25, 0.3) is 5.91 Å². The zero-order valence-electron chi connectivity index (χ0n) is 15.4. The molecule has 0 saturated carbocycles. The summed E-state index contributed by atoms with van der Waals surface area (Å²) in [5.41, 5.74) is 4.51. The zero-order chi connectivity index (χ0) is 20.5. The maximum absolute atomic E-state index is 11.9. The Labute approximate surface area is 186 Å². The highest BCUT2D eigenvalue weighted by atomic mass is 35.5. The molecule has 0 saturated heterocycles. The minimum atomic E-state index is -0.209. The first kappa shape index (κ1) is 21.6. The molecule has 150 valence electrons. The van der Waals surface area contributed by atoms with Crippen LogP contribution in [0.2, 0.25) is 5.02 Å². The Hall–Kier alpha value is -2.07. The van der Waals surface area contributed by atoms with Crippen LogP contribution < -0.4 is 10.2 Å². The fraction of sp³-hybridized carbons (Fsp3) is 0.158. The van der Waals surface area contributed by atoms with Gasteiger partial charge in [-0.05, 0) is 35.4 Å². The summed E-state index contributed by atoms with van der Waals surface area (Å²) in [6.45, 7) is 0. The summed E-state index contributed by atoms with van der Waals surface area (Å²) < 4.78 is 6.75. The number of hydrogen-bond acceptors (Lipinski definition) is 8. The highest BCUT2D eigenvalue weighted by Crippen LogP contribution is 2.30. The van der Waals surface area contributed by atoms with Gasteiger partial charge in [0.05, 0.1) is 19.1 Å². The van der Waals surface area contributed by atoms with Crippen LogP contribution in [0.3, 0.4) is 0 Å². The van der Waals surface area contributed by atoms with Crippen molar-refractivity contribution in [3.05, 3.63) is 64.7 Å². The highest BCUT2D eigenvalue weighted by Gasteiger charge is 2.08. The van der Waals surface area contributed by atoms with Crippen LogP contribution in [0.4, 0.5) is 0 Å². The number of ether oxygens (including phenoxy) is 1. The van der Waals surface area contributed by atoms with E-state index in [2.05, 4.69) is 20.7 Å². The van der Waals surface area contributed by atoms with E-state index in [1.165, 1.54) is 23.1 Å².